The van der Waals surface area contributed by atoms with Gasteiger partial charge < -0.3 is 9.80 Å². The van der Waals surface area contributed by atoms with Crippen molar-refractivity contribution < 1.29 is 9.59 Å². The zero-order valence-corrected chi connectivity index (χ0v) is 12.6. The van der Waals surface area contributed by atoms with Crippen molar-refractivity contribution in [1.29, 1.82) is 0 Å². The first kappa shape index (κ1) is 14.6. The minimum absolute atomic E-state index is 0.404. The largest absolute Gasteiger partial charge is 0.371 e. The number of ketones is 1. The van der Waals surface area contributed by atoms with Gasteiger partial charge in [0.15, 0.2) is 0 Å². The van der Waals surface area contributed by atoms with E-state index >= 15 is 0 Å². The van der Waals surface area contributed by atoms with Gasteiger partial charge in [-0.1, -0.05) is 20.3 Å². The first-order valence-electron chi connectivity index (χ1n) is 7.20. The molecule has 1 unspecified atom stereocenters. The fourth-order valence-electron chi connectivity index (χ4n) is 2.49. The summed E-state index contributed by atoms with van der Waals surface area (Å²) in [4.78, 5) is 27.2. The van der Waals surface area contributed by atoms with Crippen molar-refractivity contribution in [3.8, 4) is 0 Å². The van der Waals surface area contributed by atoms with Crippen LogP contribution >= 0.6 is 0 Å². The quantitative estimate of drug-likeness (QED) is 0.775. The molecular weight excluding hydrogens is 252 g/mol. The van der Waals surface area contributed by atoms with E-state index in [0.717, 1.165) is 30.9 Å². The van der Waals surface area contributed by atoms with Crippen LogP contribution in [0.4, 0.5) is 11.4 Å². The second-order valence-corrected chi connectivity index (χ2v) is 5.45. The molecule has 1 aliphatic rings. The molecule has 0 N–H and O–H groups in total. The van der Waals surface area contributed by atoms with Gasteiger partial charge in [-0.15, -0.1) is 0 Å². The second kappa shape index (κ2) is 5.65. The number of rotatable bonds is 5. The van der Waals surface area contributed by atoms with Gasteiger partial charge in [-0.25, -0.2) is 0 Å². The number of benzene rings is 1. The SMILES string of the molecule is CCC(C)CN(CC)c1ccc2c(c1)N(C)C(=O)C2=O. The highest BCUT2D eigenvalue weighted by Crippen LogP contribution is 2.32. The van der Waals surface area contributed by atoms with Gasteiger partial charge >= 0.3 is 0 Å². The minimum atomic E-state index is -0.442. The summed E-state index contributed by atoms with van der Waals surface area (Å²) < 4.78 is 0. The smallest absolute Gasteiger partial charge is 0.299 e. The summed E-state index contributed by atoms with van der Waals surface area (Å²) >= 11 is 0. The maximum Gasteiger partial charge on any atom is 0.299 e. The fraction of sp³-hybridized carbons (Fsp3) is 0.500. The van der Waals surface area contributed by atoms with E-state index in [-0.39, 0.29) is 0 Å². The van der Waals surface area contributed by atoms with Gasteiger partial charge in [0.2, 0.25) is 0 Å². The van der Waals surface area contributed by atoms with E-state index in [1.807, 2.05) is 12.1 Å². The Hall–Kier alpha value is -1.84. The van der Waals surface area contributed by atoms with Crippen LogP contribution < -0.4 is 9.80 Å². The number of carbonyl (C=O) groups is 2. The molecule has 2 rings (SSSR count). The highest BCUT2D eigenvalue weighted by atomic mass is 16.2. The molecule has 1 atom stereocenters. The van der Waals surface area contributed by atoms with Crippen LogP contribution in [0.2, 0.25) is 0 Å². The standard InChI is InChI=1S/C16H22N2O2/c1-5-11(3)10-18(6-2)12-7-8-13-14(9-12)17(4)16(20)15(13)19/h7-9,11H,5-6,10H2,1-4H3. The lowest BCUT2D eigenvalue weighted by molar-refractivity contribution is -0.114. The summed E-state index contributed by atoms with van der Waals surface area (Å²) in [6.45, 7) is 8.43. The number of Topliss-reactive ketones (excluding diaryl/α,β-unsaturated/α-hetero) is 1. The van der Waals surface area contributed by atoms with Gasteiger partial charge in [-0.3, -0.25) is 9.59 Å². The van der Waals surface area contributed by atoms with E-state index in [1.54, 1.807) is 13.1 Å². The summed E-state index contributed by atoms with van der Waals surface area (Å²) in [6, 6.07) is 5.66. The predicted molar refractivity (Wildman–Crippen MR) is 81.5 cm³/mol. The third-order valence-corrected chi connectivity index (χ3v) is 4.06. The molecule has 1 heterocycles. The summed E-state index contributed by atoms with van der Waals surface area (Å²) in [5, 5.41) is 0. The third kappa shape index (κ3) is 2.42. The summed E-state index contributed by atoms with van der Waals surface area (Å²) in [5.74, 6) is -0.231. The van der Waals surface area contributed by atoms with Crippen LogP contribution in [-0.4, -0.2) is 31.8 Å². The molecule has 1 aromatic carbocycles. The predicted octanol–water partition coefficient (Wildman–Crippen LogP) is 2.72. The van der Waals surface area contributed by atoms with Crippen molar-refractivity contribution in [3.63, 3.8) is 0 Å². The minimum Gasteiger partial charge on any atom is -0.371 e. The Morgan fingerprint density at radius 2 is 1.95 bits per heavy atom. The molecule has 0 bridgehead atoms. The molecule has 20 heavy (non-hydrogen) atoms. The van der Waals surface area contributed by atoms with Gasteiger partial charge in [0.05, 0.1) is 11.3 Å². The average Bonchev–Trinajstić information content (AvgIpc) is 2.69. The molecule has 4 nitrogen and oxygen atoms in total. The van der Waals surface area contributed by atoms with Crippen molar-refractivity contribution in [2.24, 2.45) is 5.92 Å². The van der Waals surface area contributed by atoms with Crippen LogP contribution in [0.5, 0.6) is 0 Å². The number of likely N-dealkylation sites (N-methyl/N-ethyl adjacent to an activating group) is 1. The summed E-state index contributed by atoms with van der Waals surface area (Å²) in [7, 11) is 1.65. The first-order chi connectivity index (χ1) is 9.49. The number of hydrogen-bond acceptors (Lipinski definition) is 3. The molecule has 1 amide bonds. The number of nitrogens with zero attached hydrogens (tertiary/aromatic N) is 2. The lowest BCUT2D eigenvalue weighted by atomic mass is 10.1. The van der Waals surface area contributed by atoms with Gasteiger partial charge in [-0.05, 0) is 31.0 Å². The lowest BCUT2D eigenvalue weighted by Gasteiger charge is -2.27. The average molecular weight is 274 g/mol. The zero-order valence-electron chi connectivity index (χ0n) is 12.6. The Bertz CT molecular complexity index is 539. The molecule has 0 spiro atoms. The molecule has 0 radical (unpaired) electrons. The van der Waals surface area contributed by atoms with Gasteiger partial charge in [-0.2, -0.15) is 0 Å². The van der Waals surface area contributed by atoms with Crippen LogP contribution in [0.15, 0.2) is 18.2 Å². The molecule has 0 fully saturated rings. The lowest BCUT2D eigenvalue weighted by Crippen LogP contribution is -2.28. The van der Waals surface area contributed by atoms with E-state index in [2.05, 4.69) is 25.7 Å². The number of carbonyl (C=O) groups excluding carboxylic acids is 2. The molecule has 108 valence electrons. The monoisotopic (exact) mass is 274 g/mol. The summed E-state index contributed by atoms with van der Waals surface area (Å²) in [5.41, 5.74) is 2.31. The first-order valence-corrected chi connectivity index (χ1v) is 7.20. The number of fused-ring (bicyclic) bond motifs is 1. The van der Waals surface area contributed by atoms with Gasteiger partial charge in [0, 0.05) is 25.8 Å². The van der Waals surface area contributed by atoms with Crippen LogP contribution in [0.25, 0.3) is 0 Å². The number of amides is 1. The van der Waals surface area contributed by atoms with Crippen LogP contribution in [0.3, 0.4) is 0 Å². The maximum absolute atomic E-state index is 11.8. The van der Waals surface area contributed by atoms with Crippen LogP contribution in [-0.2, 0) is 4.79 Å². The molecule has 0 aromatic heterocycles. The number of anilines is 2. The van der Waals surface area contributed by atoms with Crippen molar-refractivity contribution in [2.45, 2.75) is 27.2 Å². The zero-order chi connectivity index (χ0) is 14.9. The highest BCUT2D eigenvalue weighted by Gasteiger charge is 2.33. The molecule has 1 aliphatic heterocycles. The topological polar surface area (TPSA) is 40.6 Å². The van der Waals surface area contributed by atoms with Gasteiger partial charge in [0.1, 0.15) is 0 Å². The highest BCUT2D eigenvalue weighted by molar-refractivity contribution is 6.52. The van der Waals surface area contributed by atoms with Crippen molar-refractivity contribution in [2.75, 3.05) is 29.9 Å². The molecule has 0 saturated heterocycles. The number of hydrogen-bond donors (Lipinski definition) is 0. The van der Waals surface area contributed by atoms with Crippen LogP contribution in [0, 0.1) is 5.92 Å². The van der Waals surface area contributed by atoms with E-state index < -0.39 is 11.7 Å². The van der Waals surface area contributed by atoms with E-state index in [9.17, 15) is 9.59 Å². The maximum atomic E-state index is 11.8. The molecular formula is C16H22N2O2. The van der Waals surface area contributed by atoms with Crippen LogP contribution in [0.1, 0.15) is 37.6 Å². The van der Waals surface area contributed by atoms with Crippen molar-refractivity contribution in [3.05, 3.63) is 23.8 Å². The summed E-state index contributed by atoms with van der Waals surface area (Å²) in [6.07, 6.45) is 1.14. The Morgan fingerprint density at radius 3 is 2.55 bits per heavy atom. The molecule has 0 aliphatic carbocycles. The second-order valence-electron chi connectivity index (χ2n) is 5.45. The Kier molecular flexibility index (Phi) is 4.12. The van der Waals surface area contributed by atoms with Crippen molar-refractivity contribution in [1.82, 2.24) is 0 Å². The normalized spacial score (nSPS) is 15.5. The van der Waals surface area contributed by atoms with E-state index in [0.29, 0.717) is 11.5 Å². The fourth-order valence-corrected chi connectivity index (χ4v) is 2.49. The molecule has 0 saturated carbocycles. The third-order valence-electron chi connectivity index (χ3n) is 4.06. The Balaban J connectivity index is 2.31. The van der Waals surface area contributed by atoms with Gasteiger partial charge in [0.25, 0.3) is 11.7 Å². The Labute approximate surface area is 120 Å². The van der Waals surface area contributed by atoms with Crippen molar-refractivity contribution >= 4 is 23.1 Å². The molecule has 4 heteroatoms. The Morgan fingerprint density at radius 1 is 1.25 bits per heavy atom. The van der Waals surface area contributed by atoms with E-state index in [4.69, 9.17) is 0 Å². The molecule has 1 aromatic rings. The van der Waals surface area contributed by atoms with E-state index in [1.165, 1.54) is 4.90 Å².